The Bertz CT molecular complexity index is 777. The number of hydrogen-bond acceptors (Lipinski definition) is 3. The molecule has 0 radical (unpaired) electrons. The van der Waals surface area contributed by atoms with Crippen molar-refractivity contribution >= 4 is 27.7 Å². The molecule has 1 aliphatic rings. The van der Waals surface area contributed by atoms with Crippen LogP contribution in [0.25, 0.3) is 0 Å². The molecule has 2 aromatic carbocycles. The third kappa shape index (κ3) is 5.16. The second-order valence-corrected chi connectivity index (χ2v) is 7.25. The zero-order valence-corrected chi connectivity index (χ0v) is 16.1. The first-order chi connectivity index (χ1) is 12.6. The fraction of sp³-hybridized carbons (Fsp3) is 0.300. The van der Waals surface area contributed by atoms with E-state index in [9.17, 15) is 9.59 Å². The summed E-state index contributed by atoms with van der Waals surface area (Å²) in [6.45, 7) is 3.30. The van der Waals surface area contributed by atoms with Gasteiger partial charge in [0.05, 0.1) is 6.54 Å². The van der Waals surface area contributed by atoms with Crippen LogP contribution in [-0.2, 0) is 17.8 Å². The highest BCUT2D eigenvalue weighted by atomic mass is 79.9. The maximum Gasteiger partial charge on any atom is 0.251 e. The van der Waals surface area contributed by atoms with Gasteiger partial charge in [0.1, 0.15) is 0 Å². The molecule has 0 aliphatic carbocycles. The molecule has 2 amide bonds. The molecular formula is C20H22BrN3O2. The summed E-state index contributed by atoms with van der Waals surface area (Å²) in [5, 5.41) is 5.51. The molecular weight excluding hydrogens is 394 g/mol. The quantitative estimate of drug-likeness (QED) is 0.760. The summed E-state index contributed by atoms with van der Waals surface area (Å²) >= 11 is 3.33. The lowest BCUT2D eigenvalue weighted by Gasteiger charge is -2.28. The highest BCUT2D eigenvalue weighted by molar-refractivity contribution is 9.10. The van der Waals surface area contributed by atoms with E-state index in [-0.39, 0.29) is 18.4 Å². The summed E-state index contributed by atoms with van der Waals surface area (Å²) in [5.41, 5.74) is 3.32. The minimum Gasteiger partial charge on any atom is -0.353 e. The predicted octanol–water partition coefficient (Wildman–Crippen LogP) is 2.35. The van der Waals surface area contributed by atoms with Crippen LogP contribution in [0, 0.1) is 0 Å². The minimum atomic E-state index is -0.250. The van der Waals surface area contributed by atoms with Gasteiger partial charge in [0.25, 0.3) is 5.91 Å². The van der Waals surface area contributed by atoms with Gasteiger partial charge in [-0.2, -0.15) is 0 Å². The lowest BCUT2D eigenvalue weighted by Crippen LogP contribution is -2.41. The first-order valence-corrected chi connectivity index (χ1v) is 9.51. The number of halogens is 1. The van der Waals surface area contributed by atoms with Crippen molar-refractivity contribution in [3.8, 4) is 0 Å². The summed E-state index contributed by atoms with van der Waals surface area (Å²) < 4.78 is 0.909. The van der Waals surface area contributed by atoms with Gasteiger partial charge in [0.2, 0.25) is 5.91 Å². The number of hydrogen-bond donors (Lipinski definition) is 2. The molecule has 3 rings (SSSR count). The van der Waals surface area contributed by atoms with Gasteiger partial charge in [-0.25, -0.2) is 0 Å². The summed E-state index contributed by atoms with van der Waals surface area (Å²) in [6, 6.07) is 15.5. The molecule has 2 N–H and O–H groups in total. The van der Waals surface area contributed by atoms with Gasteiger partial charge in [-0.05, 0) is 41.8 Å². The smallest absolute Gasteiger partial charge is 0.251 e. The normalized spacial score (nSPS) is 13.7. The van der Waals surface area contributed by atoms with Crippen LogP contribution >= 0.6 is 15.9 Å². The fourth-order valence-electron chi connectivity index (χ4n) is 3.02. The Balaban J connectivity index is 1.36. The summed E-state index contributed by atoms with van der Waals surface area (Å²) in [6.07, 6.45) is 1.05. The van der Waals surface area contributed by atoms with E-state index >= 15 is 0 Å². The molecule has 26 heavy (non-hydrogen) atoms. The van der Waals surface area contributed by atoms with Gasteiger partial charge in [-0.3, -0.25) is 14.5 Å². The van der Waals surface area contributed by atoms with Crippen LogP contribution in [0.1, 0.15) is 21.5 Å². The molecule has 0 bridgehead atoms. The molecule has 0 saturated heterocycles. The maximum atomic E-state index is 12.0. The van der Waals surface area contributed by atoms with E-state index in [4.69, 9.17) is 0 Å². The molecule has 136 valence electrons. The van der Waals surface area contributed by atoms with Crippen LogP contribution in [-0.4, -0.2) is 42.9 Å². The van der Waals surface area contributed by atoms with Crippen LogP contribution < -0.4 is 10.6 Å². The first kappa shape index (κ1) is 18.6. The van der Waals surface area contributed by atoms with Gasteiger partial charge in [0.15, 0.2) is 0 Å². The van der Waals surface area contributed by atoms with E-state index in [2.05, 4.69) is 55.7 Å². The van der Waals surface area contributed by atoms with Crippen molar-refractivity contribution in [2.75, 3.05) is 26.2 Å². The van der Waals surface area contributed by atoms with Crippen molar-refractivity contribution in [3.63, 3.8) is 0 Å². The monoisotopic (exact) mass is 415 g/mol. The Hall–Kier alpha value is -2.18. The van der Waals surface area contributed by atoms with Crippen molar-refractivity contribution in [1.82, 2.24) is 15.5 Å². The Morgan fingerprint density at radius 2 is 1.73 bits per heavy atom. The number of amides is 2. The van der Waals surface area contributed by atoms with Crippen LogP contribution in [0.5, 0.6) is 0 Å². The van der Waals surface area contributed by atoms with E-state index in [1.807, 2.05) is 0 Å². The van der Waals surface area contributed by atoms with E-state index in [0.29, 0.717) is 12.1 Å². The number of benzene rings is 2. The van der Waals surface area contributed by atoms with Gasteiger partial charge in [-0.15, -0.1) is 0 Å². The Morgan fingerprint density at radius 3 is 2.50 bits per heavy atom. The third-order valence-electron chi connectivity index (χ3n) is 4.48. The molecule has 0 saturated carbocycles. The maximum absolute atomic E-state index is 12.0. The van der Waals surface area contributed by atoms with Crippen molar-refractivity contribution in [3.05, 3.63) is 69.7 Å². The molecule has 1 heterocycles. The van der Waals surface area contributed by atoms with E-state index in [1.165, 1.54) is 11.1 Å². The standard InChI is InChI=1S/C20H22BrN3O2/c21-18-7-5-16(6-8-18)20(26)23-13-19(25)22-10-12-24-11-9-15-3-1-2-4-17(15)14-24/h1-8H,9-14H2,(H,22,25)(H,23,26). The van der Waals surface area contributed by atoms with E-state index in [1.54, 1.807) is 24.3 Å². The Kier molecular flexibility index (Phi) is 6.41. The molecule has 0 aromatic heterocycles. The van der Waals surface area contributed by atoms with Gasteiger partial charge < -0.3 is 10.6 Å². The summed E-state index contributed by atoms with van der Waals surface area (Å²) in [5.74, 6) is -0.423. The highest BCUT2D eigenvalue weighted by Gasteiger charge is 2.15. The van der Waals surface area contributed by atoms with Crippen LogP contribution in [0.4, 0.5) is 0 Å². The molecule has 0 unspecified atom stereocenters. The number of carbonyl (C=O) groups is 2. The molecule has 0 spiro atoms. The Labute approximate surface area is 161 Å². The summed E-state index contributed by atoms with van der Waals surface area (Å²) in [4.78, 5) is 26.2. The molecule has 0 atom stereocenters. The second kappa shape index (κ2) is 8.96. The van der Waals surface area contributed by atoms with Crippen LogP contribution in [0.2, 0.25) is 0 Å². The van der Waals surface area contributed by atoms with Crippen LogP contribution in [0.15, 0.2) is 53.0 Å². The fourth-order valence-corrected chi connectivity index (χ4v) is 3.29. The van der Waals surface area contributed by atoms with Gasteiger partial charge >= 0.3 is 0 Å². The van der Waals surface area contributed by atoms with E-state index < -0.39 is 0 Å². The molecule has 6 heteroatoms. The lowest BCUT2D eigenvalue weighted by molar-refractivity contribution is -0.120. The molecule has 2 aromatic rings. The Morgan fingerprint density at radius 1 is 1.00 bits per heavy atom. The molecule has 5 nitrogen and oxygen atoms in total. The zero-order chi connectivity index (χ0) is 18.4. The molecule has 0 fully saturated rings. The number of rotatable bonds is 6. The minimum absolute atomic E-state index is 0.0161. The van der Waals surface area contributed by atoms with Crippen molar-refractivity contribution < 1.29 is 9.59 Å². The zero-order valence-electron chi connectivity index (χ0n) is 14.5. The number of carbonyl (C=O) groups excluding carboxylic acids is 2. The number of fused-ring (bicyclic) bond motifs is 1. The number of nitrogens with zero attached hydrogens (tertiary/aromatic N) is 1. The van der Waals surface area contributed by atoms with Crippen molar-refractivity contribution in [1.29, 1.82) is 0 Å². The predicted molar refractivity (Wildman–Crippen MR) is 105 cm³/mol. The SMILES string of the molecule is O=C(CNC(=O)c1ccc(Br)cc1)NCCN1CCc2ccccc2C1. The van der Waals surface area contributed by atoms with Crippen molar-refractivity contribution in [2.24, 2.45) is 0 Å². The third-order valence-corrected chi connectivity index (χ3v) is 5.00. The average Bonchev–Trinajstić information content (AvgIpc) is 2.66. The van der Waals surface area contributed by atoms with Gasteiger partial charge in [0, 0.05) is 36.2 Å². The average molecular weight is 416 g/mol. The van der Waals surface area contributed by atoms with Crippen LogP contribution in [0.3, 0.4) is 0 Å². The topological polar surface area (TPSA) is 61.4 Å². The van der Waals surface area contributed by atoms with Gasteiger partial charge in [-0.1, -0.05) is 40.2 Å². The summed E-state index contributed by atoms with van der Waals surface area (Å²) in [7, 11) is 0. The largest absolute Gasteiger partial charge is 0.353 e. The molecule has 1 aliphatic heterocycles. The highest BCUT2D eigenvalue weighted by Crippen LogP contribution is 2.17. The second-order valence-electron chi connectivity index (χ2n) is 6.33. The lowest BCUT2D eigenvalue weighted by atomic mass is 10.00. The van der Waals surface area contributed by atoms with Crippen molar-refractivity contribution in [2.45, 2.75) is 13.0 Å². The van der Waals surface area contributed by atoms with E-state index in [0.717, 1.165) is 30.5 Å². The number of nitrogens with one attached hydrogen (secondary N) is 2. The first-order valence-electron chi connectivity index (χ1n) is 8.71.